The van der Waals surface area contributed by atoms with Gasteiger partial charge in [0.1, 0.15) is 0 Å². The molecule has 2 aliphatic rings. The second kappa shape index (κ2) is 7.95. The third-order valence-electron chi connectivity index (χ3n) is 5.34. The number of nitrogens with zero attached hydrogens (tertiary/aromatic N) is 4. The summed E-state index contributed by atoms with van der Waals surface area (Å²) in [6.07, 6.45) is 8.16. The summed E-state index contributed by atoms with van der Waals surface area (Å²) in [5.41, 5.74) is 2.01. The van der Waals surface area contributed by atoms with E-state index >= 15 is 0 Å². The molecule has 0 spiro atoms. The normalized spacial score (nSPS) is 19.6. The van der Waals surface area contributed by atoms with E-state index in [1.54, 1.807) is 0 Å². The Bertz CT molecular complexity index is 548. The lowest BCUT2D eigenvalue weighted by Gasteiger charge is -2.23. The second-order valence-corrected chi connectivity index (χ2v) is 7.36. The number of carbonyl (C=O) groups excluding carboxylic acids is 1. The van der Waals surface area contributed by atoms with Gasteiger partial charge in [0.2, 0.25) is 11.9 Å². The third kappa shape index (κ3) is 4.46. The highest BCUT2D eigenvalue weighted by Crippen LogP contribution is 2.28. The molecule has 24 heavy (non-hydrogen) atoms. The van der Waals surface area contributed by atoms with Crippen molar-refractivity contribution in [2.24, 2.45) is 5.92 Å². The topological polar surface area (TPSA) is 49.3 Å². The first-order valence-electron chi connectivity index (χ1n) is 9.47. The highest BCUT2D eigenvalue weighted by atomic mass is 16.2. The first-order valence-corrected chi connectivity index (χ1v) is 9.47. The van der Waals surface area contributed by atoms with Crippen molar-refractivity contribution in [2.45, 2.75) is 58.8 Å². The molecule has 2 fully saturated rings. The van der Waals surface area contributed by atoms with Crippen molar-refractivity contribution >= 4 is 11.9 Å². The van der Waals surface area contributed by atoms with Crippen LogP contribution in [0.2, 0.25) is 0 Å². The summed E-state index contributed by atoms with van der Waals surface area (Å²) < 4.78 is 0. The van der Waals surface area contributed by atoms with Crippen LogP contribution in [0.25, 0.3) is 0 Å². The molecule has 1 aromatic rings. The van der Waals surface area contributed by atoms with Gasteiger partial charge in [0.05, 0.1) is 0 Å². The Morgan fingerprint density at radius 3 is 2.46 bits per heavy atom. The highest BCUT2D eigenvalue weighted by molar-refractivity contribution is 5.76. The number of aromatic nitrogens is 2. The molecule has 1 saturated carbocycles. The van der Waals surface area contributed by atoms with Crippen molar-refractivity contribution in [3.63, 3.8) is 0 Å². The second-order valence-electron chi connectivity index (χ2n) is 7.36. The molecule has 0 radical (unpaired) electrons. The Hall–Kier alpha value is -1.65. The van der Waals surface area contributed by atoms with E-state index in [2.05, 4.69) is 19.8 Å². The maximum Gasteiger partial charge on any atom is 0.225 e. The van der Waals surface area contributed by atoms with Gasteiger partial charge in [-0.3, -0.25) is 4.79 Å². The number of rotatable bonds is 4. The molecule has 0 aromatic carbocycles. The van der Waals surface area contributed by atoms with E-state index in [0.717, 1.165) is 68.7 Å². The molecular formula is C19H30N4O. The minimum absolute atomic E-state index is 0.338. The van der Waals surface area contributed by atoms with Gasteiger partial charge >= 0.3 is 0 Å². The Morgan fingerprint density at radius 2 is 1.75 bits per heavy atom. The third-order valence-corrected chi connectivity index (χ3v) is 5.34. The Kier molecular flexibility index (Phi) is 5.69. The Balaban J connectivity index is 1.53. The first-order chi connectivity index (χ1) is 11.6. The molecule has 1 saturated heterocycles. The van der Waals surface area contributed by atoms with Crippen LogP contribution in [0.4, 0.5) is 5.95 Å². The molecule has 0 unspecified atom stereocenters. The van der Waals surface area contributed by atoms with E-state index in [-0.39, 0.29) is 0 Å². The number of aryl methyl sites for hydroxylation is 2. The number of amides is 1. The molecule has 0 N–H and O–H groups in total. The number of hydrogen-bond acceptors (Lipinski definition) is 4. The van der Waals surface area contributed by atoms with Gasteiger partial charge in [-0.25, -0.2) is 9.97 Å². The zero-order valence-electron chi connectivity index (χ0n) is 15.1. The fourth-order valence-electron chi connectivity index (χ4n) is 4.00. The lowest BCUT2D eigenvalue weighted by Crippen LogP contribution is -2.35. The average Bonchev–Trinajstić information content (AvgIpc) is 2.94. The van der Waals surface area contributed by atoms with Gasteiger partial charge in [0.15, 0.2) is 0 Å². The van der Waals surface area contributed by atoms with Crippen LogP contribution in [0.1, 0.15) is 56.3 Å². The van der Waals surface area contributed by atoms with E-state index in [4.69, 9.17) is 0 Å². The maximum atomic E-state index is 12.5. The molecule has 0 atom stereocenters. The van der Waals surface area contributed by atoms with Crippen LogP contribution in [0.5, 0.6) is 0 Å². The molecule has 132 valence electrons. The number of hydrogen-bond donors (Lipinski definition) is 0. The lowest BCUT2D eigenvalue weighted by molar-refractivity contribution is -0.131. The summed E-state index contributed by atoms with van der Waals surface area (Å²) in [6.45, 7) is 7.43. The van der Waals surface area contributed by atoms with Crippen LogP contribution in [-0.4, -0.2) is 47.0 Å². The van der Waals surface area contributed by atoms with Crippen molar-refractivity contribution in [1.82, 2.24) is 14.9 Å². The number of carbonyl (C=O) groups is 1. The molecule has 3 rings (SSSR count). The molecule has 5 heteroatoms. The fraction of sp³-hybridized carbons (Fsp3) is 0.737. The van der Waals surface area contributed by atoms with Crippen molar-refractivity contribution in [2.75, 3.05) is 31.1 Å². The predicted molar refractivity (Wildman–Crippen MR) is 96.1 cm³/mol. The molecule has 1 aromatic heterocycles. The van der Waals surface area contributed by atoms with Crippen LogP contribution in [-0.2, 0) is 4.79 Å². The van der Waals surface area contributed by atoms with Crippen LogP contribution < -0.4 is 4.90 Å². The van der Waals surface area contributed by atoms with Gasteiger partial charge in [0, 0.05) is 44.0 Å². The fourth-order valence-corrected chi connectivity index (χ4v) is 4.00. The van der Waals surface area contributed by atoms with E-state index in [9.17, 15) is 4.79 Å². The summed E-state index contributed by atoms with van der Waals surface area (Å²) in [6, 6.07) is 2.00. The Morgan fingerprint density at radius 1 is 1.04 bits per heavy atom. The molecular weight excluding hydrogens is 300 g/mol. The first kappa shape index (κ1) is 17.2. The summed E-state index contributed by atoms with van der Waals surface area (Å²) >= 11 is 0. The summed E-state index contributed by atoms with van der Waals surface area (Å²) in [4.78, 5) is 26.0. The van der Waals surface area contributed by atoms with E-state index < -0.39 is 0 Å². The zero-order chi connectivity index (χ0) is 16.9. The van der Waals surface area contributed by atoms with Crippen molar-refractivity contribution in [1.29, 1.82) is 0 Å². The summed E-state index contributed by atoms with van der Waals surface area (Å²) in [5.74, 6) is 1.94. The van der Waals surface area contributed by atoms with E-state index in [1.165, 1.54) is 25.7 Å². The van der Waals surface area contributed by atoms with Crippen molar-refractivity contribution in [3.8, 4) is 0 Å². The van der Waals surface area contributed by atoms with Crippen molar-refractivity contribution < 1.29 is 4.79 Å². The average molecular weight is 330 g/mol. The van der Waals surface area contributed by atoms with Crippen LogP contribution in [0, 0.1) is 19.8 Å². The standard InChI is InChI=1S/C19H30N4O/c1-15-14-16(2)21-19(20-15)23-11-5-10-22(12-13-23)18(24)9-8-17-6-3-4-7-17/h14,17H,3-13H2,1-2H3. The summed E-state index contributed by atoms with van der Waals surface area (Å²) in [7, 11) is 0. The quantitative estimate of drug-likeness (QED) is 0.851. The SMILES string of the molecule is Cc1cc(C)nc(N2CCCN(C(=O)CCC3CCCC3)CC2)n1. The van der Waals surface area contributed by atoms with Gasteiger partial charge in [-0.05, 0) is 38.7 Å². The lowest BCUT2D eigenvalue weighted by atomic mass is 10.0. The van der Waals surface area contributed by atoms with Gasteiger partial charge in [-0.1, -0.05) is 25.7 Å². The zero-order valence-corrected chi connectivity index (χ0v) is 15.1. The predicted octanol–water partition coefficient (Wildman–Crippen LogP) is 3.10. The molecule has 1 aliphatic heterocycles. The van der Waals surface area contributed by atoms with Gasteiger partial charge in [0.25, 0.3) is 0 Å². The molecule has 5 nitrogen and oxygen atoms in total. The largest absolute Gasteiger partial charge is 0.341 e. The molecule has 0 bridgehead atoms. The Labute approximate surface area is 145 Å². The number of anilines is 1. The van der Waals surface area contributed by atoms with E-state index in [1.807, 2.05) is 19.9 Å². The van der Waals surface area contributed by atoms with Crippen LogP contribution in [0.15, 0.2) is 6.07 Å². The smallest absolute Gasteiger partial charge is 0.225 e. The molecule has 2 heterocycles. The van der Waals surface area contributed by atoms with Crippen LogP contribution >= 0.6 is 0 Å². The minimum Gasteiger partial charge on any atom is -0.341 e. The summed E-state index contributed by atoms with van der Waals surface area (Å²) in [5, 5.41) is 0. The monoisotopic (exact) mass is 330 g/mol. The minimum atomic E-state index is 0.338. The highest BCUT2D eigenvalue weighted by Gasteiger charge is 2.22. The molecule has 1 amide bonds. The van der Waals surface area contributed by atoms with Gasteiger partial charge in [-0.2, -0.15) is 0 Å². The van der Waals surface area contributed by atoms with Crippen LogP contribution in [0.3, 0.4) is 0 Å². The van der Waals surface area contributed by atoms with Crippen molar-refractivity contribution in [3.05, 3.63) is 17.5 Å². The van der Waals surface area contributed by atoms with Gasteiger partial charge in [-0.15, -0.1) is 0 Å². The maximum absolute atomic E-state index is 12.5. The van der Waals surface area contributed by atoms with E-state index in [0.29, 0.717) is 5.91 Å². The van der Waals surface area contributed by atoms with Gasteiger partial charge < -0.3 is 9.80 Å². The molecule has 1 aliphatic carbocycles.